The Balaban J connectivity index is 2.14. The molecule has 0 aromatic heterocycles. The highest BCUT2D eigenvalue weighted by Gasteiger charge is 2.21. The quantitative estimate of drug-likeness (QED) is 0.875. The lowest BCUT2D eigenvalue weighted by Gasteiger charge is -2.16. The maximum atomic E-state index is 11.3. The van der Waals surface area contributed by atoms with E-state index in [1.807, 2.05) is 24.3 Å². The number of benzene rings is 2. The molecule has 1 atom stereocenters. The molecule has 0 aliphatic carbocycles. The van der Waals surface area contributed by atoms with Gasteiger partial charge in [0.2, 0.25) is 0 Å². The Morgan fingerprint density at radius 2 is 1.85 bits per heavy atom. The highest BCUT2D eigenvalue weighted by molar-refractivity contribution is 9.10. The summed E-state index contributed by atoms with van der Waals surface area (Å²) in [6.45, 7) is 0. The molecule has 0 spiro atoms. The van der Waals surface area contributed by atoms with Gasteiger partial charge in [-0.3, -0.25) is 0 Å². The minimum absolute atomic E-state index is 0.272. The predicted molar refractivity (Wildman–Crippen MR) is 81.3 cm³/mol. The first-order chi connectivity index (χ1) is 9.56. The van der Waals surface area contributed by atoms with Crippen LogP contribution in [0.2, 0.25) is 5.02 Å². The second-order valence-electron chi connectivity index (χ2n) is 4.21. The van der Waals surface area contributed by atoms with Crippen molar-refractivity contribution in [3.8, 4) is 5.75 Å². The Kier molecular flexibility index (Phi) is 5.04. The average Bonchev–Trinajstić information content (AvgIpc) is 2.42. The van der Waals surface area contributed by atoms with Crippen molar-refractivity contribution in [2.45, 2.75) is 12.5 Å². The number of hydrogen-bond acceptors (Lipinski definition) is 2. The van der Waals surface area contributed by atoms with Crippen LogP contribution >= 0.6 is 27.5 Å². The fraction of sp³-hybridized carbons (Fsp3) is 0.133. The summed E-state index contributed by atoms with van der Waals surface area (Å²) in [6, 6.07) is 14.3. The lowest BCUT2D eigenvalue weighted by Crippen LogP contribution is -2.29. The van der Waals surface area contributed by atoms with Crippen LogP contribution in [0.25, 0.3) is 0 Å². The molecular weight excluding hydrogens is 344 g/mol. The summed E-state index contributed by atoms with van der Waals surface area (Å²) in [5, 5.41) is 9.66. The van der Waals surface area contributed by atoms with E-state index in [4.69, 9.17) is 16.3 Å². The number of hydrogen-bond donors (Lipinski definition) is 1. The number of halogens is 2. The molecule has 2 rings (SSSR count). The molecule has 0 bridgehead atoms. The van der Waals surface area contributed by atoms with Crippen LogP contribution in [0, 0.1) is 0 Å². The van der Waals surface area contributed by atoms with E-state index < -0.39 is 12.1 Å². The van der Waals surface area contributed by atoms with Gasteiger partial charge in [0.15, 0.2) is 6.10 Å². The van der Waals surface area contributed by atoms with Crippen LogP contribution in [0.4, 0.5) is 0 Å². The standard InChI is InChI=1S/C15H12BrClO3/c16-11-7-5-10(6-8-11)9-14(15(18)19)20-13-4-2-1-3-12(13)17/h1-8,14H,9H2,(H,18,19)/t14-/m0/s1. The van der Waals surface area contributed by atoms with E-state index in [1.165, 1.54) is 0 Å². The zero-order valence-electron chi connectivity index (χ0n) is 10.4. The van der Waals surface area contributed by atoms with Gasteiger partial charge in [-0.05, 0) is 29.8 Å². The van der Waals surface area contributed by atoms with Gasteiger partial charge in [0.1, 0.15) is 5.75 Å². The second kappa shape index (κ2) is 6.77. The summed E-state index contributed by atoms with van der Waals surface area (Å²) in [5.74, 6) is -0.647. The summed E-state index contributed by atoms with van der Waals surface area (Å²) in [4.78, 5) is 11.3. The van der Waals surface area contributed by atoms with Crippen molar-refractivity contribution in [3.63, 3.8) is 0 Å². The van der Waals surface area contributed by atoms with Gasteiger partial charge in [-0.2, -0.15) is 0 Å². The molecule has 0 saturated heterocycles. The SMILES string of the molecule is O=C(O)[C@H](Cc1ccc(Br)cc1)Oc1ccccc1Cl. The maximum Gasteiger partial charge on any atom is 0.345 e. The Morgan fingerprint density at radius 3 is 2.45 bits per heavy atom. The van der Waals surface area contributed by atoms with E-state index in [0.29, 0.717) is 10.8 Å². The van der Waals surface area contributed by atoms with E-state index in [-0.39, 0.29) is 6.42 Å². The lowest BCUT2D eigenvalue weighted by molar-refractivity contribution is -0.145. The van der Waals surface area contributed by atoms with Crippen LogP contribution in [-0.2, 0) is 11.2 Å². The molecule has 0 amide bonds. The van der Waals surface area contributed by atoms with Crippen LogP contribution in [0.15, 0.2) is 53.0 Å². The molecule has 5 heteroatoms. The number of ether oxygens (including phenoxy) is 1. The maximum absolute atomic E-state index is 11.3. The minimum Gasteiger partial charge on any atom is -0.478 e. The summed E-state index contributed by atoms with van der Waals surface area (Å²) >= 11 is 9.31. The van der Waals surface area contributed by atoms with Gasteiger partial charge in [-0.1, -0.05) is 51.8 Å². The number of carboxylic acids is 1. The van der Waals surface area contributed by atoms with Crippen molar-refractivity contribution in [2.75, 3.05) is 0 Å². The average molecular weight is 356 g/mol. The highest BCUT2D eigenvalue weighted by atomic mass is 79.9. The van der Waals surface area contributed by atoms with Crippen LogP contribution in [0.1, 0.15) is 5.56 Å². The summed E-state index contributed by atoms with van der Waals surface area (Å²) in [7, 11) is 0. The monoisotopic (exact) mass is 354 g/mol. The zero-order chi connectivity index (χ0) is 14.5. The topological polar surface area (TPSA) is 46.5 Å². The number of aliphatic carboxylic acids is 1. The van der Waals surface area contributed by atoms with Crippen LogP contribution in [-0.4, -0.2) is 17.2 Å². The largest absolute Gasteiger partial charge is 0.478 e. The molecule has 2 aromatic carbocycles. The molecule has 0 fully saturated rings. The van der Waals surface area contributed by atoms with E-state index in [9.17, 15) is 9.90 Å². The van der Waals surface area contributed by atoms with E-state index in [2.05, 4.69) is 15.9 Å². The van der Waals surface area contributed by atoms with Crippen LogP contribution in [0.5, 0.6) is 5.75 Å². The van der Waals surface area contributed by atoms with Gasteiger partial charge in [0, 0.05) is 10.9 Å². The first kappa shape index (κ1) is 14.9. The van der Waals surface area contributed by atoms with Crippen LogP contribution in [0.3, 0.4) is 0 Å². The zero-order valence-corrected chi connectivity index (χ0v) is 12.8. The van der Waals surface area contributed by atoms with Gasteiger partial charge < -0.3 is 9.84 Å². The molecule has 3 nitrogen and oxygen atoms in total. The predicted octanol–water partition coefficient (Wildman–Crippen LogP) is 4.18. The van der Waals surface area contributed by atoms with Gasteiger partial charge in [0.05, 0.1) is 5.02 Å². The molecular formula is C15H12BrClO3. The highest BCUT2D eigenvalue weighted by Crippen LogP contribution is 2.25. The summed E-state index contributed by atoms with van der Waals surface area (Å²) < 4.78 is 6.44. The third-order valence-electron chi connectivity index (χ3n) is 2.72. The fourth-order valence-electron chi connectivity index (χ4n) is 1.71. The lowest BCUT2D eigenvalue weighted by atomic mass is 10.1. The van der Waals surface area contributed by atoms with E-state index >= 15 is 0 Å². The number of carboxylic acid groups (broad SMARTS) is 1. The molecule has 0 aliphatic heterocycles. The smallest absolute Gasteiger partial charge is 0.345 e. The first-order valence-corrected chi connectivity index (χ1v) is 7.12. The van der Waals surface area contributed by atoms with Crippen molar-refractivity contribution in [1.29, 1.82) is 0 Å². The Labute approximate surface area is 130 Å². The summed E-state index contributed by atoms with van der Waals surface area (Å²) in [6.07, 6.45) is -0.704. The van der Waals surface area contributed by atoms with E-state index in [1.54, 1.807) is 24.3 Å². The van der Waals surface area contributed by atoms with Crippen molar-refractivity contribution < 1.29 is 14.6 Å². The molecule has 0 radical (unpaired) electrons. The van der Waals surface area contributed by atoms with Gasteiger partial charge in [-0.25, -0.2) is 4.79 Å². The normalized spacial score (nSPS) is 11.9. The van der Waals surface area contributed by atoms with Gasteiger partial charge >= 0.3 is 5.97 Å². The Hall–Kier alpha value is -1.52. The summed E-state index contributed by atoms with van der Waals surface area (Å²) in [5.41, 5.74) is 0.882. The number of rotatable bonds is 5. The van der Waals surface area contributed by atoms with Gasteiger partial charge in [-0.15, -0.1) is 0 Å². The van der Waals surface area contributed by atoms with Crippen molar-refractivity contribution in [3.05, 3.63) is 63.6 Å². The second-order valence-corrected chi connectivity index (χ2v) is 5.53. The molecule has 2 aromatic rings. The Bertz CT molecular complexity index is 598. The molecule has 104 valence electrons. The number of carbonyl (C=O) groups is 1. The van der Waals surface area contributed by atoms with Crippen molar-refractivity contribution >= 4 is 33.5 Å². The molecule has 20 heavy (non-hydrogen) atoms. The van der Waals surface area contributed by atoms with Crippen LogP contribution < -0.4 is 4.74 Å². The molecule has 0 aliphatic rings. The first-order valence-electron chi connectivity index (χ1n) is 5.94. The molecule has 1 N–H and O–H groups in total. The molecule has 0 unspecified atom stereocenters. The van der Waals surface area contributed by atoms with E-state index in [0.717, 1.165) is 10.0 Å². The third kappa shape index (κ3) is 3.99. The van der Waals surface area contributed by atoms with Crippen molar-refractivity contribution in [2.24, 2.45) is 0 Å². The molecule has 0 heterocycles. The Morgan fingerprint density at radius 1 is 1.20 bits per heavy atom. The third-order valence-corrected chi connectivity index (χ3v) is 3.56. The molecule has 0 saturated carbocycles. The van der Waals surface area contributed by atoms with Gasteiger partial charge in [0.25, 0.3) is 0 Å². The minimum atomic E-state index is -1.02. The number of para-hydroxylation sites is 1. The van der Waals surface area contributed by atoms with Crippen molar-refractivity contribution in [1.82, 2.24) is 0 Å². The fourth-order valence-corrected chi connectivity index (χ4v) is 2.15.